The Labute approximate surface area is 65.2 Å². The van der Waals surface area contributed by atoms with Crippen LogP contribution in [-0.4, -0.2) is 7.85 Å². The maximum atomic E-state index is 5.60. The zero-order valence-corrected chi connectivity index (χ0v) is 6.08. The maximum absolute atomic E-state index is 5.60. The molecule has 0 N–H and O–H groups in total. The number of halogens is 2. The average Bonchev–Trinajstić information content (AvgIpc) is 1.80. The van der Waals surface area contributed by atoms with Crippen molar-refractivity contribution in [1.29, 1.82) is 0 Å². The van der Waals surface area contributed by atoms with Gasteiger partial charge in [-0.2, -0.15) is 0 Å². The van der Waals surface area contributed by atoms with Crippen LogP contribution in [0.2, 0.25) is 10.0 Å². The lowest BCUT2D eigenvalue weighted by Gasteiger charge is -1.95. The first-order valence-corrected chi connectivity index (χ1v) is 3.16. The van der Waals surface area contributed by atoms with Gasteiger partial charge in [-0.25, -0.2) is 0 Å². The van der Waals surface area contributed by atoms with Crippen molar-refractivity contribution in [2.45, 2.75) is 0 Å². The second-order valence-corrected chi connectivity index (χ2v) is 2.51. The molecule has 0 fully saturated rings. The van der Waals surface area contributed by atoms with Gasteiger partial charge in [0.1, 0.15) is 7.85 Å². The SMILES string of the molecule is [B]c1cc(Cl)ccc1Cl. The number of hydrogen-bond donors (Lipinski definition) is 0. The first-order chi connectivity index (χ1) is 4.20. The summed E-state index contributed by atoms with van der Waals surface area (Å²) in [5.74, 6) is 0. The van der Waals surface area contributed by atoms with E-state index in [1.807, 2.05) is 0 Å². The van der Waals surface area contributed by atoms with Crippen LogP contribution in [0.1, 0.15) is 0 Å². The fourth-order valence-corrected chi connectivity index (χ4v) is 0.813. The van der Waals surface area contributed by atoms with Gasteiger partial charge >= 0.3 is 0 Å². The minimum atomic E-state index is 0.518. The highest BCUT2D eigenvalue weighted by Crippen LogP contribution is 2.09. The van der Waals surface area contributed by atoms with Crippen LogP contribution in [0.5, 0.6) is 0 Å². The van der Waals surface area contributed by atoms with E-state index in [1.54, 1.807) is 18.2 Å². The molecule has 0 unspecified atom stereocenters. The lowest BCUT2D eigenvalue weighted by atomic mass is 9.97. The van der Waals surface area contributed by atoms with Crippen LogP contribution in [0.15, 0.2) is 18.2 Å². The third-order valence-electron chi connectivity index (χ3n) is 0.958. The first-order valence-electron chi connectivity index (χ1n) is 2.40. The van der Waals surface area contributed by atoms with Crippen molar-refractivity contribution in [2.75, 3.05) is 0 Å². The van der Waals surface area contributed by atoms with Crippen LogP contribution in [0.25, 0.3) is 0 Å². The molecule has 0 nitrogen and oxygen atoms in total. The Kier molecular flexibility index (Phi) is 2.04. The van der Waals surface area contributed by atoms with Gasteiger partial charge in [-0.15, -0.1) is 0 Å². The fourth-order valence-electron chi connectivity index (χ4n) is 0.515. The minimum absolute atomic E-state index is 0.518. The quantitative estimate of drug-likeness (QED) is 0.503. The number of rotatable bonds is 0. The van der Waals surface area contributed by atoms with E-state index in [1.165, 1.54) is 0 Å². The Hall–Kier alpha value is -0.135. The fraction of sp³-hybridized carbons (Fsp3) is 0. The van der Waals surface area contributed by atoms with Crippen LogP contribution < -0.4 is 5.46 Å². The van der Waals surface area contributed by atoms with E-state index in [4.69, 9.17) is 31.0 Å². The molecular formula is C6H3BCl2. The van der Waals surface area contributed by atoms with Crippen molar-refractivity contribution in [3.8, 4) is 0 Å². The van der Waals surface area contributed by atoms with Crippen LogP contribution in [0.4, 0.5) is 0 Å². The number of benzene rings is 1. The predicted molar refractivity (Wildman–Crippen MR) is 41.9 cm³/mol. The summed E-state index contributed by atoms with van der Waals surface area (Å²) < 4.78 is 0. The van der Waals surface area contributed by atoms with Crippen LogP contribution in [0, 0.1) is 0 Å². The Balaban J connectivity index is 3.17. The standard InChI is InChI=1S/C6H3BCl2/c7-5-3-4(8)1-2-6(5)9/h1-3H. The molecule has 0 aliphatic heterocycles. The molecule has 44 valence electrons. The second-order valence-electron chi connectivity index (χ2n) is 1.67. The zero-order valence-electron chi connectivity index (χ0n) is 4.57. The molecule has 9 heavy (non-hydrogen) atoms. The van der Waals surface area contributed by atoms with Crippen molar-refractivity contribution in [2.24, 2.45) is 0 Å². The predicted octanol–water partition coefficient (Wildman–Crippen LogP) is 1.79. The smallest absolute Gasteiger partial charge is 0.0850 e. The van der Waals surface area contributed by atoms with Crippen molar-refractivity contribution < 1.29 is 0 Å². The summed E-state index contributed by atoms with van der Waals surface area (Å²) in [6, 6.07) is 4.98. The molecule has 0 aliphatic carbocycles. The van der Waals surface area contributed by atoms with Crippen LogP contribution >= 0.6 is 23.2 Å². The molecule has 0 spiro atoms. The molecular weight excluding hydrogens is 154 g/mol. The molecule has 1 aromatic carbocycles. The van der Waals surface area contributed by atoms with Gasteiger partial charge in [0.25, 0.3) is 0 Å². The minimum Gasteiger partial charge on any atom is -0.0850 e. The summed E-state index contributed by atoms with van der Waals surface area (Å²) in [6.45, 7) is 0. The van der Waals surface area contributed by atoms with E-state index in [0.717, 1.165) is 0 Å². The summed E-state index contributed by atoms with van der Waals surface area (Å²) >= 11 is 11.2. The number of hydrogen-bond acceptors (Lipinski definition) is 0. The van der Waals surface area contributed by atoms with Gasteiger partial charge in [0, 0.05) is 10.0 Å². The van der Waals surface area contributed by atoms with Crippen molar-refractivity contribution in [1.82, 2.24) is 0 Å². The van der Waals surface area contributed by atoms with E-state index in [9.17, 15) is 0 Å². The molecule has 0 amide bonds. The largest absolute Gasteiger partial charge is 0.115 e. The Morgan fingerprint density at radius 2 is 1.89 bits per heavy atom. The average molecular weight is 157 g/mol. The summed E-state index contributed by atoms with van der Waals surface area (Å²) in [5.41, 5.74) is 0.518. The maximum Gasteiger partial charge on any atom is 0.115 e. The molecule has 2 radical (unpaired) electrons. The molecule has 0 saturated carbocycles. The van der Waals surface area contributed by atoms with Gasteiger partial charge in [0.2, 0.25) is 0 Å². The van der Waals surface area contributed by atoms with E-state index in [-0.39, 0.29) is 0 Å². The summed E-state index contributed by atoms with van der Waals surface area (Å²) in [4.78, 5) is 0. The van der Waals surface area contributed by atoms with Gasteiger partial charge in [0.05, 0.1) is 0 Å². The molecule has 0 atom stereocenters. The third kappa shape index (κ3) is 1.63. The molecule has 1 rings (SSSR count). The van der Waals surface area contributed by atoms with Gasteiger partial charge in [-0.05, 0) is 18.2 Å². The van der Waals surface area contributed by atoms with E-state index in [2.05, 4.69) is 0 Å². The van der Waals surface area contributed by atoms with Gasteiger partial charge < -0.3 is 0 Å². The van der Waals surface area contributed by atoms with E-state index < -0.39 is 0 Å². The Morgan fingerprint density at radius 1 is 1.22 bits per heavy atom. The zero-order chi connectivity index (χ0) is 6.85. The van der Waals surface area contributed by atoms with E-state index >= 15 is 0 Å². The topological polar surface area (TPSA) is 0 Å². The summed E-state index contributed by atoms with van der Waals surface area (Å²) in [5, 5.41) is 1.15. The Bertz CT molecular complexity index is 222. The van der Waals surface area contributed by atoms with Crippen molar-refractivity contribution >= 4 is 36.5 Å². The van der Waals surface area contributed by atoms with Crippen molar-refractivity contribution in [3.05, 3.63) is 28.2 Å². The van der Waals surface area contributed by atoms with Gasteiger partial charge in [-0.3, -0.25) is 0 Å². The van der Waals surface area contributed by atoms with Gasteiger partial charge in [-0.1, -0.05) is 28.7 Å². The summed E-state index contributed by atoms with van der Waals surface area (Å²) in [7, 11) is 5.40. The molecule has 0 aliphatic rings. The normalized spacial score (nSPS) is 9.56. The van der Waals surface area contributed by atoms with Crippen molar-refractivity contribution in [3.63, 3.8) is 0 Å². The molecule has 0 aromatic heterocycles. The van der Waals surface area contributed by atoms with Crippen LogP contribution in [-0.2, 0) is 0 Å². The van der Waals surface area contributed by atoms with E-state index in [0.29, 0.717) is 15.5 Å². The highest BCUT2D eigenvalue weighted by atomic mass is 35.5. The molecule has 3 heteroatoms. The molecule has 0 saturated heterocycles. The highest BCUT2D eigenvalue weighted by molar-refractivity contribution is 6.46. The molecule has 1 aromatic rings. The lowest BCUT2D eigenvalue weighted by molar-refractivity contribution is 1.76. The molecule has 0 bridgehead atoms. The summed E-state index contributed by atoms with van der Waals surface area (Å²) in [6.07, 6.45) is 0. The Morgan fingerprint density at radius 3 is 2.33 bits per heavy atom. The first kappa shape index (κ1) is 6.98. The molecule has 0 heterocycles. The van der Waals surface area contributed by atoms with Gasteiger partial charge in [0.15, 0.2) is 0 Å². The van der Waals surface area contributed by atoms with Crippen LogP contribution in [0.3, 0.4) is 0 Å². The monoisotopic (exact) mass is 156 g/mol. The lowest BCUT2D eigenvalue weighted by Crippen LogP contribution is -2.01. The highest BCUT2D eigenvalue weighted by Gasteiger charge is 1.92. The second kappa shape index (κ2) is 2.63. The third-order valence-corrected chi connectivity index (χ3v) is 1.54.